The molecule has 0 saturated carbocycles. The SMILES string of the molecule is N#Cc1sc(-c2cccc(Br)c2)cc1N. The van der Waals surface area contributed by atoms with Crippen LogP contribution in [0.15, 0.2) is 34.8 Å². The lowest BCUT2D eigenvalue weighted by molar-refractivity contribution is 1.52. The van der Waals surface area contributed by atoms with Crippen LogP contribution in [0.1, 0.15) is 4.88 Å². The number of rotatable bonds is 1. The minimum absolute atomic E-state index is 0.553. The van der Waals surface area contributed by atoms with Crippen LogP contribution >= 0.6 is 27.3 Å². The Morgan fingerprint density at radius 2 is 2.13 bits per heavy atom. The fourth-order valence-corrected chi connectivity index (χ4v) is 2.55. The monoisotopic (exact) mass is 278 g/mol. The lowest BCUT2D eigenvalue weighted by atomic mass is 10.2. The van der Waals surface area contributed by atoms with E-state index < -0.39 is 0 Å². The van der Waals surface area contributed by atoms with Crippen molar-refractivity contribution >= 4 is 33.0 Å². The molecule has 15 heavy (non-hydrogen) atoms. The van der Waals surface area contributed by atoms with Crippen molar-refractivity contribution in [2.75, 3.05) is 5.73 Å². The van der Waals surface area contributed by atoms with Crippen molar-refractivity contribution in [2.45, 2.75) is 0 Å². The van der Waals surface area contributed by atoms with Crippen LogP contribution in [0.2, 0.25) is 0 Å². The number of nitrogen functional groups attached to an aromatic ring is 1. The number of anilines is 1. The summed E-state index contributed by atoms with van der Waals surface area (Å²) >= 11 is 4.82. The Balaban J connectivity index is 2.51. The maximum absolute atomic E-state index is 8.80. The summed E-state index contributed by atoms with van der Waals surface area (Å²) in [5.74, 6) is 0. The average Bonchev–Trinajstić information content (AvgIpc) is 2.60. The van der Waals surface area contributed by atoms with Gasteiger partial charge in [0, 0.05) is 9.35 Å². The van der Waals surface area contributed by atoms with Gasteiger partial charge in [0.25, 0.3) is 0 Å². The Morgan fingerprint density at radius 3 is 2.73 bits per heavy atom. The molecular formula is C11H7BrN2S. The highest BCUT2D eigenvalue weighted by atomic mass is 79.9. The minimum atomic E-state index is 0.553. The molecule has 0 amide bonds. The first-order valence-electron chi connectivity index (χ1n) is 4.26. The van der Waals surface area contributed by atoms with Gasteiger partial charge in [0.15, 0.2) is 0 Å². The largest absolute Gasteiger partial charge is 0.397 e. The number of nitriles is 1. The highest BCUT2D eigenvalue weighted by Gasteiger charge is 2.07. The Labute approximate surface area is 100 Å². The molecule has 2 N–H and O–H groups in total. The number of nitrogens with two attached hydrogens (primary N) is 1. The fraction of sp³-hybridized carbons (Fsp3) is 0. The molecule has 1 heterocycles. The van der Waals surface area contributed by atoms with Crippen molar-refractivity contribution in [1.29, 1.82) is 5.26 Å². The number of benzene rings is 1. The summed E-state index contributed by atoms with van der Waals surface area (Å²) in [4.78, 5) is 1.59. The van der Waals surface area contributed by atoms with E-state index in [2.05, 4.69) is 22.0 Å². The molecule has 1 aromatic heterocycles. The molecular weight excluding hydrogens is 272 g/mol. The molecule has 4 heteroatoms. The molecule has 74 valence electrons. The van der Waals surface area contributed by atoms with E-state index in [9.17, 15) is 0 Å². The average molecular weight is 279 g/mol. The zero-order valence-electron chi connectivity index (χ0n) is 7.70. The van der Waals surface area contributed by atoms with E-state index in [-0.39, 0.29) is 0 Å². The molecule has 0 fully saturated rings. The van der Waals surface area contributed by atoms with Crippen molar-refractivity contribution < 1.29 is 0 Å². The van der Waals surface area contributed by atoms with Crippen molar-refractivity contribution in [3.05, 3.63) is 39.7 Å². The highest BCUT2D eigenvalue weighted by Crippen LogP contribution is 2.33. The Morgan fingerprint density at radius 1 is 1.33 bits per heavy atom. The van der Waals surface area contributed by atoms with Crippen molar-refractivity contribution in [1.82, 2.24) is 0 Å². The molecule has 1 aromatic carbocycles. The summed E-state index contributed by atoms with van der Waals surface area (Å²) in [6.45, 7) is 0. The second-order valence-electron chi connectivity index (χ2n) is 3.02. The van der Waals surface area contributed by atoms with Gasteiger partial charge in [0.05, 0.1) is 5.69 Å². The maximum Gasteiger partial charge on any atom is 0.128 e. The van der Waals surface area contributed by atoms with E-state index in [0.717, 1.165) is 14.9 Å². The van der Waals surface area contributed by atoms with Gasteiger partial charge in [0.1, 0.15) is 10.9 Å². The van der Waals surface area contributed by atoms with Gasteiger partial charge in [-0.25, -0.2) is 0 Å². The zero-order chi connectivity index (χ0) is 10.8. The lowest BCUT2D eigenvalue weighted by Gasteiger charge is -1.96. The van der Waals surface area contributed by atoms with Crippen molar-refractivity contribution in [3.8, 4) is 16.5 Å². The van der Waals surface area contributed by atoms with Gasteiger partial charge in [-0.05, 0) is 23.8 Å². The van der Waals surface area contributed by atoms with E-state index in [1.54, 1.807) is 0 Å². The second-order valence-corrected chi connectivity index (χ2v) is 4.99. The quantitative estimate of drug-likeness (QED) is 0.866. The molecule has 0 saturated heterocycles. The molecule has 2 nitrogen and oxygen atoms in total. The first-order valence-corrected chi connectivity index (χ1v) is 5.87. The molecule has 0 aliphatic carbocycles. The standard InChI is InChI=1S/C11H7BrN2S/c12-8-3-1-2-7(4-8)10-5-9(14)11(6-13)15-10/h1-5H,14H2. The first kappa shape index (κ1) is 10.2. The van der Waals surface area contributed by atoms with Gasteiger partial charge >= 0.3 is 0 Å². The fourth-order valence-electron chi connectivity index (χ4n) is 1.28. The van der Waals surface area contributed by atoms with Gasteiger partial charge in [-0.2, -0.15) is 5.26 Å². The van der Waals surface area contributed by atoms with E-state index >= 15 is 0 Å². The van der Waals surface area contributed by atoms with Crippen molar-refractivity contribution in [3.63, 3.8) is 0 Å². The Kier molecular flexibility index (Phi) is 2.76. The summed E-state index contributed by atoms with van der Waals surface area (Å²) in [5.41, 5.74) is 7.33. The van der Waals surface area contributed by atoms with Crippen LogP contribution in [0.3, 0.4) is 0 Å². The lowest BCUT2D eigenvalue weighted by Crippen LogP contribution is -1.81. The summed E-state index contributed by atoms with van der Waals surface area (Å²) < 4.78 is 1.02. The number of hydrogen-bond donors (Lipinski definition) is 1. The predicted octanol–water partition coefficient (Wildman–Crippen LogP) is 3.63. The van der Waals surface area contributed by atoms with Crippen LogP contribution in [0.5, 0.6) is 0 Å². The third-order valence-corrected chi connectivity index (χ3v) is 3.57. The number of nitrogens with zero attached hydrogens (tertiary/aromatic N) is 1. The van der Waals surface area contributed by atoms with E-state index in [0.29, 0.717) is 10.6 Å². The highest BCUT2D eigenvalue weighted by molar-refractivity contribution is 9.10. The normalized spacial score (nSPS) is 9.87. The van der Waals surface area contributed by atoms with Gasteiger partial charge in [-0.3, -0.25) is 0 Å². The molecule has 0 radical (unpaired) electrons. The van der Waals surface area contributed by atoms with E-state index in [1.165, 1.54) is 11.3 Å². The van der Waals surface area contributed by atoms with Crippen LogP contribution in [0, 0.1) is 11.3 Å². The van der Waals surface area contributed by atoms with E-state index in [1.807, 2.05) is 30.3 Å². The summed E-state index contributed by atoms with van der Waals surface area (Å²) in [6.07, 6.45) is 0. The minimum Gasteiger partial charge on any atom is -0.397 e. The molecule has 0 unspecified atom stereocenters. The summed E-state index contributed by atoms with van der Waals surface area (Å²) in [6, 6.07) is 11.8. The Hall–Kier alpha value is -1.31. The molecule has 0 bridgehead atoms. The molecule has 0 aliphatic rings. The van der Waals surface area contributed by atoms with Gasteiger partial charge in [-0.1, -0.05) is 28.1 Å². The van der Waals surface area contributed by atoms with Crippen molar-refractivity contribution in [2.24, 2.45) is 0 Å². The third kappa shape index (κ3) is 2.04. The van der Waals surface area contributed by atoms with Crippen LogP contribution in [0.4, 0.5) is 5.69 Å². The van der Waals surface area contributed by atoms with Gasteiger partial charge < -0.3 is 5.73 Å². The third-order valence-electron chi connectivity index (χ3n) is 1.97. The first-order chi connectivity index (χ1) is 7.20. The second kappa shape index (κ2) is 4.05. The molecule has 2 rings (SSSR count). The number of hydrogen-bond acceptors (Lipinski definition) is 3. The smallest absolute Gasteiger partial charge is 0.128 e. The molecule has 0 aliphatic heterocycles. The van der Waals surface area contributed by atoms with Crippen LogP contribution < -0.4 is 5.73 Å². The number of halogens is 1. The molecule has 0 atom stereocenters. The van der Waals surface area contributed by atoms with E-state index in [4.69, 9.17) is 11.0 Å². The number of thiophene rings is 1. The van der Waals surface area contributed by atoms with Gasteiger partial charge in [-0.15, -0.1) is 11.3 Å². The Bertz CT molecular complexity index is 540. The van der Waals surface area contributed by atoms with Crippen LogP contribution in [-0.4, -0.2) is 0 Å². The summed E-state index contributed by atoms with van der Waals surface area (Å²) in [7, 11) is 0. The maximum atomic E-state index is 8.80. The molecule has 0 spiro atoms. The summed E-state index contributed by atoms with van der Waals surface area (Å²) in [5, 5.41) is 8.80. The predicted molar refractivity (Wildman–Crippen MR) is 66.6 cm³/mol. The molecule has 2 aromatic rings. The van der Waals surface area contributed by atoms with Crippen LogP contribution in [-0.2, 0) is 0 Å². The van der Waals surface area contributed by atoms with Crippen LogP contribution in [0.25, 0.3) is 10.4 Å². The topological polar surface area (TPSA) is 49.8 Å². The van der Waals surface area contributed by atoms with Gasteiger partial charge in [0.2, 0.25) is 0 Å². The zero-order valence-corrected chi connectivity index (χ0v) is 10.1.